The van der Waals surface area contributed by atoms with E-state index in [1.807, 2.05) is 47.1 Å². The van der Waals surface area contributed by atoms with Gasteiger partial charge in [-0.2, -0.15) is 5.10 Å². The zero-order valence-corrected chi connectivity index (χ0v) is 24.3. The fourth-order valence-electron chi connectivity index (χ4n) is 5.88. The van der Waals surface area contributed by atoms with E-state index in [0.717, 1.165) is 66.6 Å². The van der Waals surface area contributed by atoms with Gasteiger partial charge in [0.1, 0.15) is 5.69 Å². The molecule has 2 unspecified atom stereocenters. The molecule has 6 rings (SSSR count). The summed E-state index contributed by atoms with van der Waals surface area (Å²) in [5.74, 6) is 6.37. The lowest BCUT2D eigenvalue weighted by molar-refractivity contribution is -0.0402. The monoisotopic (exact) mass is 573 g/mol. The van der Waals surface area contributed by atoms with E-state index < -0.39 is 5.97 Å². The van der Waals surface area contributed by atoms with Gasteiger partial charge in [0.2, 0.25) is 0 Å². The van der Waals surface area contributed by atoms with Crippen LogP contribution in [0.15, 0.2) is 78.9 Å². The summed E-state index contributed by atoms with van der Waals surface area (Å²) >= 11 is 0. The molecule has 1 N–H and O–H groups in total. The fraction of sp³-hybridized carbons (Fsp3) is 0.306. The molecule has 0 radical (unpaired) electrons. The van der Waals surface area contributed by atoms with Gasteiger partial charge in [0, 0.05) is 24.2 Å². The lowest BCUT2D eigenvalue weighted by atomic mass is 9.90. The minimum atomic E-state index is -0.396. The Hall–Kier alpha value is -4.67. The van der Waals surface area contributed by atoms with E-state index in [1.165, 1.54) is 12.7 Å². The number of esters is 1. The molecule has 1 aromatic heterocycles. The minimum absolute atomic E-state index is 0.115. The molecular weight excluding hydrogens is 538 g/mol. The predicted octanol–water partition coefficient (Wildman–Crippen LogP) is 6.44. The van der Waals surface area contributed by atoms with Gasteiger partial charge in [-0.1, -0.05) is 66.6 Å². The zero-order valence-electron chi connectivity index (χ0n) is 24.3. The van der Waals surface area contributed by atoms with Crippen molar-refractivity contribution in [1.29, 1.82) is 0 Å². The number of benzene rings is 3. The van der Waals surface area contributed by atoms with E-state index in [4.69, 9.17) is 14.6 Å². The molecule has 2 aliphatic heterocycles. The Labute approximate surface area is 252 Å². The second kappa shape index (κ2) is 13.1. The van der Waals surface area contributed by atoms with E-state index in [0.29, 0.717) is 24.2 Å². The number of ether oxygens (including phenoxy) is 2. The number of unbranched alkanes of at least 4 members (excludes halogenated alkanes) is 1. The highest BCUT2D eigenvalue weighted by molar-refractivity contribution is 5.97. The van der Waals surface area contributed by atoms with Gasteiger partial charge in [0.25, 0.3) is 5.91 Å². The summed E-state index contributed by atoms with van der Waals surface area (Å²) in [6.45, 7) is 0.667. The molecule has 43 heavy (non-hydrogen) atoms. The normalized spacial score (nSPS) is 17.7. The number of hydrogen-bond acceptors (Lipinski definition) is 5. The quantitative estimate of drug-likeness (QED) is 0.156. The highest BCUT2D eigenvalue weighted by Crippen LogP contribution is 2.37. The number of carbonyl (C=O) groups excluding carboxylic acids is 2. The second-order valence-electron chi connectivity index (χ2n) is 11.0. The van der Waals surface area contributed by atoms with E-state index in [-0.39, 0.29) is 18.2 Å². The molecule has 1 fully saturated rings. The summed E-state index contributed by atoms with van der Waals surface area (Å²) in [6, 6.07) is 25.1. The molecule has 0 spiro atoms. The van der Waals surface area contributed by atoms with Crippen molar-refractivity contribution in [2.45, 2.75) is 57.2 Å². The maximum atomic E-state index is 13.2. The summed E-state index contributed by atoms with van der Waals surface area (Å²) in [4.78, 5) is 25.4. The smallest absolute Gasteiger partial charge is 0.337 e. The molecule has 0 aliphatic carbocycles. The molecule has 218 valence electrons. The Morgan fingerprint density at radius 1 is 1.05 bits per heavy atom. The molecule has 7 heteroatoms. The summed E-state index contributed by atoms with van der Waals surface area (Å²) in [5.41, 5.74) is 6.67. The largest absolute Gasteiger partial charge is 0.465 e. The van der Waals surface area contributed by atoms with E-state index in [9.17, 15) is 9.59 Å². The average Bonchev–Trinajstić information content (AvgIpc) is 3.44. The third-order valence-electron chi connectivity index (χ3n) is 8.10. The van der Waals surface area contributed by atoms with Gasteiger partial charge >= 0.3 is 5.97 Å². The van der Waals surface area contributed by atoms with Gasteiger partial charge in [-0.15, -0.1) is 0 Å². The number of nitrogens with one attached hydrogen (secondary N) is 1. The molecular formula is C36H35N3O4. The molecule has 2 atom stereocenters. The third-order valence-corrected chi connectivity index (χ3v) is 8.10. The number of aromatic nitrogens is 2. The Balaban J connectivity index is 1.42. The molecule has 7 nitrogen and oxygen atoms in total. The number of amides is 1. The van der Waals surface area contributed by atoms with Gasteiger partial charge in [-0.25, -0.2) is 9.48 Å². The Morgan fingerprint density at radius 2 is 1.84 bits per heavy atom. The molecule has 3 aromatic carbocycles. The number of fused-ring (bicyclic) bond motifs is 1. The highest BCUT2D eigenvalue weighted by atomic mass is 16.5. The minimum Gasteiger partial charge on any atom is -0.465 e. The van der Waals surface area contributed by atoms with Crippen LogP contribution in [-0.2, 0) is 22.3 Å². The topological polar surface area (TPSA) is 82.5 Å². The number of hydrogen-bond donors (Lipinski definition) is 1. The standard InChI is InChI=1S/C36H35N3O4/c1-42-36(41)27-21-19-26(20-22-27)33-31(17-7-3-6-14-25-12-4-2-5-13-25)39(32-18-10-11-23-43-32)38-34(33)30-24-28-15-8-9-16-29(28)35(40)37-30/h2,4-5,8-9,12-13,15-16,19-22,30,32H,3,6,10-11,14,18,23-24H2,1H3,(H,37,40). The number of rotatable bonds is 7. The zero-order chi connectivity index (χ0) is 29.6. The molecule has 0 bridgehead atoms. The van der Waals surface area contributed by atoms with Crippen LogP contribution >= 0.6 is 0 Å². The first kappa shape index (κ1) is 28.4. The molecule has 1 saturated heterocycles. The van der Waals surface area contributed by atoms with Crippen molar-refractivity contribution in [1.82, 2.24) is 15.1 Å². The Kier molecular flexibility index (Phi) is 8.67. The van der Waals surface area contributed by atoms with Crippen LogP contribution in [0, 0.1) is 11.8 Å². The predicted molar refractivity (Wildman–Crippen MR) is 164 cm³/mol. The van der Waals surface area contributed by atoms with Gasteiger partial charge < -0.3 is 14.8 Å². The van der Waals surface area contributed by atoms with Gasteiger partial charge in [0.15, 0.2) is 6.23 Å². The number of aryl methyl sites for hydroxylation is 1. The summed E-state index contributed by atoms with van der Waals surface area (Å²) < 4.78 is 13.1. The van der Waals surface area contributed by atoms with Crippen molar-refractivity contribution >= 4 is 11.9 Å². The van der Waals surface area contributed by atoms with Gasteiger partial charge in [0.05, 0.1) is 24.4 Å². The fourth-order valence-corrected chi connectivity index (χ4v) is 5.88. The van der Waals surface area contributed by atoms with Gasteiger partial charge in [-0.3, -0.25) is 4.79 Å². The maximum absolute atomic E-state index is 13.2. The maximum Gasteiger partial charge on any atom is 0.337 e. The number of carbonyl (C=O) groups is 2. The van der Waals surface area contributed by atoms with Crippen molar-refractivity contribution in [3.63, 3.8) is 0 Å². The summed E-state index contributed by atoms with van der Waals surface area (Å²) in [6.07, 6.45) is 5.90. The first-order valence-electron chi connectivity index (χ1n) is 15.0. The van der Waals surface area contributed by atoms with Crippen LogP contribution in [0.25, 0.3) is 11.1 Å². The molecule has 1 amide bonds. The third kappa shape index (κ3) is 6.25. The van der Waals surface area contributed by atoms with Crippen molar-refractivity contribution in [3.05, 3.63) is 113 Å². The summed E-state index contributed by atoms with van der Waals surface area (Å²) in [7, 11) is 1.37. The number of nitrogens with zero attached hydrogens (tertiary/aromatic N) is 2. The molecule has 2 aliphatic rings. The van der Waals surface area contributed by atoms with Gasteiger partial charge in [-0.05, 0) is 79.3 Å². The van der Waals surface area contributed by atoms with Crippen molar-refractivity contribution in [2.24, 2.45) is 0 Å². The molecule has 0 saturated carbocycles. The van der Waals surface area contributed by atoms with Crippen LogP contribution in [0.4, 0.5) is 0 Å². The number of methoxy groups -OCH3 is 1. The second-order valence-corrected chi connectivity index (χ2v) is 11.0. The Bertz CT molecular complexity index is 1660. The van der Waals surface area contributed by atoms with E-state index in [1.54, 1.807) is 12.1 Å². The lowest BCUT2D eigenvalue weighted by Gasteiger charge is -2.25. The Morgan fingerprint density at radius 3 is 2.60 bits per heavy atom. The van der Waals surface area contributed by atoms with Crippen LogP contribution in [0.2, 0.25) is 0 Å². The lowest BCUT2D eigenvalue weighted by Crippen LogP contribution is -2.36. The SMILES string of the molecule is COC(=O)c1ccc(-c2c(C3Cc4ccccc4C(=O)N3)nn(C3CCCCO3)c2C#CCCCc2ccccc2)cc1. The van der Waals surface area contributed by atoms with Crippen molar-refractivity contribution in [2.75, 3.05) is 13.7 Å². The van der Waals surface area contributed by atoms with E-state index >= 15 is 0 Å². The summed E-state index contributed by atoms with van der Waals surface area (Å²) in [5, 5.41) is 8.34. The van der Waals surface area contributed by atoms with Crippen LogP contribution in [-0.4, -0.2) is 35.4 Å². The average molecular weight is 574 g/mol. The van der Waals surface area contributed by atoms with E-state index in [2.05, 4.69) is 41.4 Å². The van der Waals surface area contributed by atoms with Crippen molar-refractivity contribution in [3.8, 4) is 23.0 Å². The van der Waals surface area contributed by atoms with Crippen molar-refractivity contribution < 1.29 is 19.1 Å². The first-order valence-corrected chi connectivity index (χ1v) is 15.0. The molecule has 3 heterocycles. The van der Waals surface area contributed by atoms with Crippen LogP contribution < -0.4 is 5.32 Å². The molecule has 4 aromatic rings. The highest BCUT2D eigenvalue weighted by Gasteiger charge is 2.33. The van der Waals surface area contributed by atoms with Crippen LogP contribution in [0.5, 0.6) is 0 Å². The van der Waals surface area contributed by atoms with Crippen LogP contribution in [0.3, 0.4) is 0 Å². The van der Waals surface area contributed by atoms with Crippen LogP contribution in [0.1, 0.15) is 87.6 Å². The first-order chi connectivity index (χ1) is 21.1.